The molecule has 0 bridgehead atoms. The van der Waals surface area contributed by atoms with E-state index in [-0.39, 0.29) is 5.38 Å². The highest BCUT2D eigenvalue weighted by Gasteiger charge is 2.16. The molecule has 1 unspecified atom stereocenters. The first-order chi connectivity index (χ1) is 9.69. The highest BCUT2D eigenvalue weighted by atomic mass is 35.5. The van der Waals surface area contributed by atoms with E-state index in [1.807, 2.05) is 6.07 Å². The molecule has 0 saturated heterocycles. The molecule has 3 rings (SSSR count). The molecule has 0 radical (unpaired) electrons. The lowest BCUT2D eigenvalue weighted by atomic mass is 9.99. The number of benzene rings is 2. The van der Waals surface area contributed by atoms with Crippen molar-refractivity contribution < 1.29 is 4.74 Å². The summed E-state index contributed by atoms with van der Waals surface area (Å²) < 4.78 is 5.30. The monoisotopic (exact) mass is 286 g/mol. The van der Waals surface area contributed by atoms with E-state index in [2.05, 4.69) is 37.3 Å². The summed E-state index contributed by atoms with van der Waals surface area (Å²) in [6.07, 6.45) is 3.67. The SMILES string of the molecule is COc1ccc(C(Cl)c2ccc3c(c2)CCC3)cc1C. The van der Waals surface area contributed by atoms with E-state index in [1.54, 1.807) is 7.11 Å². The van der Waals surface area contributed by atoms with Gasteiger partial charge in [-0.25, -0.2) is 0 Å². The minimum Gasteiger partial charge on any atom is -0.496 e. The molecule has 1 nitrogen and oxygen atoms in total. The third kappa shape index (κ3) is 2.43. The average molecular weight is 287 g/mol. The summed E-state index contributed by atoms with van der Waals surface area (Å²) >= 11 is 6.66. The van der Waals surface area contributed by atoms with E-state index in [0.717, 1.165) is 16.9 Å². The van der Waals surface area contributed by atoms with Crippen molar-refractivity contribution in [1.82, 2.24) is 0 Å². The summed E-state index contributed by atoms with van der Waals surface area (Å²) in [7, 11) is 1.70. The van der Waals surface area contributed by atoms with Gasteiger partial charge < -0.3 is 4.74 Å². The smallest absolute Gasteiger partial charge is 0.121 e. The first-order valence-corrected chi connectivity index (χ1v) is 7.53. The van der Waals surface area contributed by atoms with Gasteiger partial charge in [0.25, 0.3) is 0 Å². The Hall–Kier alpha value is -1.47. The van der Waals surface area contributed by atoms with Crippen molar-refractivity contribution in [3.8, 4) is 5.75 Å². The van der Waals surface area contributed by atoms with Crippen LogP contribution in [0.3, 0.4) is 0 Å². The maximum atomic E-state index is 6.66. The summed E-state index contributed by atoms with van der Waals surface area (Å²) in [5, 5.41) is -0.0921. The third-order valence-corrected chi connectivity index (χ3v) is 4.63. The van der Waals surface area contributed by atoms with Crippen LogP contribution in [0.4, 0.5) is 0 Å². The summed E-state index contributed by atoms with van der Waals surface area (Å²) in [6.45, 7) is 2.05. The molecule has 2 aromatic carbocycles. The van der Waals surface area contributed by atoms with Gasteiger partial charge in [0.1, 0.15) is 5.75 Å². The number of hydrogen-bond donors (Lipinski definition) is 0. The largest absolute Gasteiger partial charge is 0.496 e. The van der Waals surface area contributed by atoms with Crippen molar-refractivity contribution in [2.75, 3.05) is 7.11 Å². The highest BCUT2D eigenvalue weighted by molar-refractivity contribution is 6.22. The van der Waals surface area contributed by atoms with Crippen molar-refractivity contribution in [3.63, 3.8) is 0 Å². The van der Waals surface area contributed by atoms with Crippen LogP contribution in [0.1, 0.15) is 39.6 Å². The number of alkyl halides is 1. The van der Waals surface area contributed by atoms with Crippen LogP contribution < -0.4 is 4.74 Å². The molecule has 0 aliphatic heterocycles. The zero-order valence-corrected chi connectivity index (χ0v) is 12.7. The molecule has 104 valence electrons. The molecule has 0 spiro atoms. The number of rotatable bonds is 3. The normalized spacial score (nSPS) is 14.9. The fourth-order valence-corrected chi connectivity index (χ4v) is 3.27. The second kappa shape index (κ2) is 5.49. The van der Waals surface area contributed by atoms with Gasteiger partial charge in [0.2, 0.25) is 0 Å². The lowest BCUT2D eigenvalue weighted by Crippen LogP contribution is -1.97. The van der Waals surface area contributed by atoms with Crippen LogP contribution in [0.15, 0.2) is 36.4 Å². The number of hydrogen-bond acceptors (Lipinski definition) is 1. The molecule has 0 amide bonds. The molecular formula is C18H19ClO. The molecule has 0 heterocycles. The molecule has 0 saturated carbocycles. The van der Waals surface area contributed by atoms with E-state index in [1.165, 1.54) is 36.0 Å². The number of methoxy groups -OCH3 is 1. The Labute approximate surface area is 125 Å². The Morgan fingerprint density at radius 3 is 2.45 bits per heavy atom. The van der Waals surface area contributed by atoms with Gasteiger partial charge >= 0.3 is 0 Å². The fraction of sp³-hybridized carbons (Fsp3) is 0.333. The summed E-state index contributed by atoms with van der Waals surface area (Å²) in [4.78, 5) is 0. The van der Waals surface area contributed by atoms with Crippen molar-refractivity contribution in [3.05, 3.63) is 64.2 Å². The van der Waals surface area contributed by atoms with Gasteiger partial charge in [0.15, 0.2) is 0 Å². The number of aryl methyl sites for hydroxylation is 3. The molecule has 0 fully saturated rings. The van der Waals surface area contributed by atoms with Gasteiger partial charge in [0, 0.05) is 0 Å². The van der Waals surface area contributed by atoms with Gasteiger partial charge in [-0.2, -0.15) is 0 Å². The Morgan fingerprint density at radius 2 is 1.70 bits per heavy atom. The Bertz CT molecular complexity index is 633. The van der Waals surface area contributed by atoms with E-state index in [0.29, 0.717) is 0 Å². The first kappa shape index (κ1) is 13.5. The van der Waals surface area contributed by atoms with Gasteiger partial charge in [0.05, 0.1) is 12.5 Å². The van der Waals surface area contributed by atoms with E-state index in [9.17, 15) is 0 Å². The minimum atomic E-state index is -0.0921. The Morgan fingerprint density at radius 1 is 1.00 bits per heavy atom. The molecule has 1 atom stereocenters. The van der Waals surface area contributed by atoms with Crippen molar-refractivity contribution >= 4 is 11.6 Å². The predicted octanol–water partition coefficient (Wildman–Crippen LogP) is 4.82. The van der Waals surface area contributed by atoms with Gasteiger partial charge in [-0.1, -0.05) is 30.3 Å². The quantitative estimate of drug-likeness (QED) is 0.735. The maximum Gasteiger partial charge on any atom is 0.121 e. The lowest BCUT2D eigenvalue weighted by Gasteiger charge is -2.14. The highest BCUT2D eigenvalue weighted by Crippen LogP contribution is 2.34. The van der Waals surface area contributed by atoms with Crippen LogP contribution in [0.25, 0.3) is 0 Å². The van der Waals surface area contributed by atoms with Crippen molar-refractivity contribution in [2.45, 2.75) is 31.6 Å². The molecule has 1 aliphatic rings. The first-order valence-electron chi connectivity index (χ1n) is 7.09. The van der Waals surface area contributed by atoms with E-state index < -0.39 is 0 Å². The molecule has 1 aliphatic carbocycles. The van der Waals surface area contributed by atoms with Crippen LogP contribution in [-0.2, 0) is 12.8 Å². The van der Waals surface area contributed by atoms with Crippen LogP contribution in [-0.4, -0.2) is 7.11 Å². The van der Waals surface area contributed by atoms with Crippen LogP contribution in [0.5, 0.6) is 5.75 Å². The van der Waals surface area contributed by atoms with Crippen LogP contribution >= 0.6 is 11.6 Å². The predicted molar refractivity (Wildman–Crippen MR) is 83.9 cm³/mol. The zero-order chi connectivity index (χ0) is 14.1. The average Bonchev–Trinajstić information content (AvgIpc) is 2.93. The van der Waals surface area contributed by atoms with E-state index >= 15 is 0 Å². The Kier molecular flexibility index (Phi) is 3.71. The van der Waals surface area contributed by atoms with Gasteiger partial charge in [-0.05, 0) is 60.1 Å². The zero-order valence-electron chi connectivity index (χ0n) is 11.9. The van der Waals surface area contributed by atoms with Crippen molar-refractivity contribution in [2.24, 2.45) is 0 Å². The van der Waals surface area contributed by atoms with Crippen molar-refractivity contribution in [1.29, 1.82) is 0 Å². The minimum absolute atomic E-state index is 0.0921. The van der Waals surface area contributed by atoms with Gasteiger partial charge in [-0.3, -0.25) is 0 Å². The summed E-state index contributed by atoms with van der Waals surface area (Å²) in [5.41, 5.74) is 6.40. The standard InChI is InChI=1S/C18H19ClO/c1-12-10-15(8-9-17(12)20-2)18(19)16-7-6-13-4-3-5-14(13)11-16/h6-11,18H,3-5H2,1-2H3. The van der Waals surface area contributed by atoms with Crippen LogP contribution in [0.2, 0.25) is 0 Å². The second-order valence-electron chi connectivity index (χ2n) is 5.47. The topological polar surface area (TPSA) is 9.23 Å². The third-order valence-electron chi connectivity index (χ3n) is 4.13. The molecule has 0 aromatic heterocycles. The molecular weight excluding hydrogens is 268 g/mol. The molecule has 0 N–H and O–H groups in total. The molecule has 2 heteroatoms. The molecule has 2 aromatic rings. The van der Waals surface area contributed by atoms with Gasteiger partial charge in [-0.15, -0.1) is 11.6 Å². The fourth-order valence-electron chi connectivity index (χ4n) is 3.00. The van der Waals surface area contributed by atoms with Crippen LogP contribution in [0, 0.1) is 6.92 Å². The molecule has 20 heavy (non-hydrogen) atoms. The second-order valence-corrected chi connectivity index (χ2v) is 5.91. The lowest BCUT2D eigenvalue weighted by molar-refractivity contribution is 0.411. The summed E-state index contributed by atoms with van der Waals surface area (Å²) in [6, 6.07) is 12.8. The maximum absolute atomic E-state index is 6.66. The van der Waals surface area contributed by atoms with E-state index in [4.69, 9.17) is 16.3 Å². The summed E-state index contributed by atoms with van der Waals surface area (Å²) in [5.74, 6) is 0.909. The Balaban J connectivity index is 1.92. The number of ether oxygens (including phenoxy) is 1. The number of halogens is 1. The number of fused-ring (bicyclic) bond motifs is 1.